The summed E-state index contributed by atoms with van der Waals surface area (Å²) in [5.74, 6) is -0.131. The van der Waals surface area contributed by atoms with Crippen LogP contribution in [0.2, 0.25) is 0 Å². The molecule has 0 radical (unpaired) electrons. The maximum Gasteiger partial charge on any atom is 0.251 e. The number of likely N-dealkylation sites (N-methyl/N-ethyl adjacent to an activating group) is 1. The summed E-state index contributed by atoms with van der Waals surface area (Å²) in [4.78, 5) is 30.1. The van der Waals surface area contributed by atoms with Gasteiger partial charge in [-0.05, 0) is 30.7 Å². The highest BCUT2D eigenvalue weighted by molar-refractivity contribution is 5.95. The number of hydrogen-bond acceptors (Lipinski definition) is 3. The molecule has 0 atom stereocenters. The van der Waals surface area contributed by atoms with Gasteiger partial charge in [0.2, 0.25) is 5.91 Å². The molecule has 0 spiro atoms. The van der Waals surface area contributed by atoms with Gasteiger partial charge in [0.05, 0.1) is 0 Å². The molecule has 5 nitrogen and oxygen atoms in total. The lowest BCUT2D eigenvalue weighted by molar-refractivity contribution is -0.129. The number of aryl methyl sites for hydroxylation is 1. The van der Waals surface area contributed by atoms with E-state index in [4.69, 9.17) is 0 Å². The molecule has 0 saturated heterocycles. The molecule has 0 aliphatic rings. The Labute approximate surface area is 142 Å². The smallest absolute Gasteiger partial charge is 0.251 e. The molecule has 126 valence electrons. The van der Waals surface area contributed by atoms with E-state index in [0.29, 0.717) is 18.7 Å². The molecule has 0 saturated carbocycles. The van der Waals surface area contributed by atoms with E-state index >= 15 is 0 Å². The lowest BCUT2D eigenvalue weighted by atomic mass is 10.1. The number of amides is 2. The average Bonchev–Trinajstić information content (AvgIpc) is 2.60. The summed E-state index contributed by atoms with van der Waals surface area (Å²) >= 11 is 0. The minimum absolute atomic E-state index is 0.0102. The number of aromatic nitrogens is 1. The number of nitrogens with one attached hydrogen (secondary N) is 1. The van der Waals surface area contributed by atoms with E-state index in [-0.39, 0.29) is 18.2 Å². The van der Waals surface area contributed by atoms with E-state index in [1.165, 1.54) is 0 Å². The van der Waals surface area contributed by atoms with Crippen molar-refractivity contribution in [2.75, 3.05) is 20.1 Å². The number of carbonyl (C=O) groups is 2. The second kappa shape index (κ2) is 8.82. The predicted octanol–water partition coefficient (Wildman–Crippen LogP) is 2.21. The van der Waals surface area contributed by atoms with Crippen LogP contribution < -0.4 is 5.32 Å². The number of benzene rings is 1. The van der Waals surface area contributed by atoms with E-state index in [1.54, 1.807) is 24.2 Å². The highest BCUT2D eigenvalue weighted by Crippen LogP contribution is 2.06. The van der Waals surface area contributed by atoms with Crippen LogP contribution in [-0.4, -0.2) is 41.8 Å². The van der Waals surface area contributed by atoms with E-state index in [9.17, 15) is 9.59 Å². The Kier molecular flexibility index (Phi) is 6.49. The first-order valence-electron chi connectivity index (χ1n) is 8.05. The van der Waals surface area contributed by atoms with E-state index in [1.807, 2.05) is 43.3 Å². The molecule has 1 N–H and O–H groups in total. The van der Waals surface area contributed by atoms with Gasteiger partial charge < -0.3 is 10.2 Å². The van der Waals surface area contributed by atoms with Crippen LogP contribution in [0.25, 0.3) is 0 Å². The van der Waals surface area contributed by atoms with Crippen molar-refractivity contribution in [1.82, 2.24) is 15.2 Å². The predicted molar refractivity (Wildman–Crippen MR) is 93.7 cm³/mol. The molecule has 0 bridgehead atoms. The topological polar surface area (TPSA) is 62.3 Å². The molecule has 0 aliphatic heterocycles. The van der Waals surface area contributed by atoms with Gasteiger partial charge in [-0.1, -0.05) is 24.3 Å². The van der Waals surface area contributed by atoms with Crippen LogP contribution in [-0.2, 0) is 11.2 Å². The van der Waals surface area contributed by atoms with Crippen molar-refractivity contribution in [2.45, 2.75) is 19.8 Å². The fourth-order valence-corrected chi connectivity index (χ4v) is 2.35. The zero-order valence-corrected chi connectivity index (χ0v) is 14.2. The third-order valence-electron chi connectivity index (χ3n) is 3.87. The van der Waals surface area contributed by atoms with Gasteiger partial charge in [0.25, 0.3) is 5.91 Å². The maximum absolute atomic E-state index is 12.1. The molecular formula is C19H23N3O2. The van der Waals surface area contributed by atoms with Crippen molar-refractivity contribution < 1.29 is 9.59 Å². The van der Waals surface area contributed by atoms with Crippen molar-refractivity contribution in [3.63, 3.8) is 0 Å². The monoisotopic (exact) mass is 325 g/mol. The van der Waals surface area contributed by atoms with Gasteiger partial charge in [-0.2, -0.15) is 0 Å². The van der Waals surface area contributed by atoms with E-state index in [0.717, 1.165) is 17.7 Å². The van der Waals surface area contributed by atoms with Crippen LogP contribution in [0.3, 0.4) is 0 Å². The maximum atomic E-state index is 12.1. The van der Waals surface area contributed by atoms with Gasteiger partial charge in [-0.25, -0.2) is 0 Å². The minimum atomic E-state index is -0.142. The Morgan fingerprint density at radius 1 is 1.12 bits per heavy atom. The van der Waals surface area contributed by atoms with Crippen LogP contribution in [0.15, 0.2) is 48.7 Å². The molecule has 2 aromatic rings. The number of rotatable bonds is 7. The van der Waals surface area contributed by atoms with Gasteiger partial charge in [0, 0.05) is 50.4 Å². The molecule has 2 rings (SSSR count). The van der Waals surface area contributed by atoms with E-state index < -0.39 is 0 Å². The number of hydrogen-bond donors (Lipinski definition) is 1. The minimum Gasteiger partial charge on any atom is -0.352 e. The van der Waals surface area contributed by atoms with Gasteiger partial charge in [0.1, 0.15) is 0 Å². The van der Waals surface area contributed by atoms with E-state index in [2.05, 4.69) is 10.3 Å². The first-order chi connectivity index (χ1) is 11.6. The Hall–Kier alpha value is -2.69. The molecule has 5 heteroatoms. The normalized spacial score (nSPS) is 10.2. The fourth-order valence-electron chi connectivity index (χ4n) is 2.35. The Balaban J connectivity index is 1.72. The van der Waals surface area contributed by atoms with Crippen molar-refractivity contribution >= 4 is 11.8 Å². The van der Waals surface area contributed by atoms with Crippen molar-refractivity contribution in [3.8, 4) is 0 Å². The average molecular weight is 325 g/mol. The van der Waals surface area contributed by atoms with Gasteiger partial charge in [0.15, 0.2) is 0 Å². The standard InChI is InChI=1S/C19H23N3O2/c1-15-7-3-4-9-17(15)19(24)21-13-10-18(23)22(2)14-11-16-8-5-6-12-20-16/h3-9,12H,10-11,13-14H2,1-2H3,(H,21,24). The Bertz CT molecular complexity index is 686. The third-order valence-corrected chi connectivity index (χ3v) is 3.87. The number of pyridine rings is 1. The summed E-state index contributed by atoms with van der Waals surface area (Å²) in [5.41, 5.74) is 2.53. The van der Waals surface area contributed by atoms with Crippen LogP contribution in [0.1, 0.15) is 28.0 Å². The quantitative estimate of drug-likeness (QED) is 0.849. The van der Waals surface area contributed by atoms with Gasteiger partial charge >= 0.3 is 0 Å². The van der Waals surface area contributed by atoms with Crippen LogP contribution in [0, 0.1) is 6.92 Å². The first kappa shape index (κ1) is 17.7. The molecule has 1 aromatic heterocycles. The summed E-state index contributed by atoms with van der Waals surface area (Å²) in [6.45, 7) is 2.84. The molecule has 1 heterocycles. The second-order valence-electron chi connectivity index (χ2n) is 5.71. The van der Waals surface area contributed by atoms with Crippen LogP contribution in [0.5, 0.6) is 0 Å². The molecular weight excluding hydrogens is 302 g/mol. The lowest BCUT2D eigenvalue weighted by Gasteiger charge is -2.17. The van der Waals surface area contributed by atoms with Crippen molar-refractivity contribution in [3.05, 3.63) is 65.5 Å². The van der Waals surface area contributed by atoms with Crippen molar-refractivity contribution in [1.29, 1.82) is 0 Å². The summed E-state index contributed by atoms with van der Waals surface area (Å²) in [7, 11) is 1.77. The lowest BCUT2D eigenvalue weighted by Crippen LogP contribution is -2.33. The molecule has 0 unspecified atom stereocenters. The summed E-state index contributed by atoms with van der Waals surface area (Å²) in [6.07, 6.45) is 2.76. The molecule has 2 amide bonds. The third kappa shape index (κ3) is 5.19. The number of carbonyl (C=O) groups excluding carboxylic acids is 2. The highest BCUT2D eigenvalue weighted by Gasteiger charge is 2.11. The zero-order chi connectivity index (χ0) is 17.4. The second-order valence-corrected chi connectivity index (χ2v) is 5.71. The van der Waals surface area contributed by atoms with Crippen molar-refractivity contribution in [2.24, 2.45) is 0 Å². The molecule has 0 fully saturated rings. The van der Waals surface area contributed by atoms with Gasteiger partial charge in [-0.15, -0.1) is 0 Å². The summed E-state index contributed by atoms with van der Waals surface area (Å²) < 4.78 is 0. The Morgan fingerprint density at radius 3 is 2.58 bits per heavy atom. The Morgan fingerprint density at radius 2 is 1.88 bits per heavy atom. The summed E-state index contributed by atoms with van der Waals surface area (Å²) in [5, 5.41) is 2.80. The van der Waals surface area contributed by atoms with Crippen LogP contribution >= 0.6 is 0 Å². The van der Waals surface area contributed by atoms with Crippen LogP contribution in [0.4, 0.5) is 0 Å². The molecule has 24 heavy (non-hydrogen) atoms. The highest BCUT2D eigenvalue weighted by atomic mass is 16.2. The molecule has 1 aromatic carbocycles. The zero-order valence-electron chi connectivity index (χ0n) is 14.2. The SMILES string of the molecule is Cc1ccccc1C(=O)NCCC(=O)N(C)CCc1ccccn1. The molecule has 0 aliphatic carbocycles. The fraction of sp³-hybridized carbons (Fsp3) is 0.316. The number of nitrogens with zero attached hydrogens (tertiary/aromatic N) is 2. The summed E-state index contributed by atoms with van der Waals surface area (Å²) in [6, 6.07) is 13.2. The largest absolute Gasteiger partial charge is 0.352 e. The first-order valence-corrected chi connectivity index (χ1v) is 8.05. The van der Waals surface area contributed by atoms with Gasteiger partial charge in [-0.3, -0.25) is 14.6 Å².